The Bertz CT molecular complexity index is 323. The van der Waals surface area contributed by atoms with E-state index < -0.39 is 0 Å². The van der Waals surface area contributed by atoms with Gasteiger partial charge in [0.15, 0.2) is 0 Å². The van der Waals surface area contributed by atoms with Gasteiger partial charge in [0.25, 0.3) is 0 Å². The lowest BCUT2D eigenvalue weighted by atomic mass is 9.47. The molecule has 0 heteroatoms. The third-order valence-corrected chi connectivity index (χ3v) is 7.80. The Hall–Kier alpha value is 0. The third-order valence-electron chi connectivity index (χ3n) is 7.80. The van der Waals surface area contributed by atoms with Crippen molar-refractivity contribution in [2.75, 3.05) is 0 Å². The maximum absolute atomic E-state index is 1.67. The summed E-state index contributed by atoms with van der Waals surface area (Å²) < 4.78 is 0. The minimum Gasteiger partial charge on any atom is -0.0499 e. The SMILES string of the molecule is C1CC2(CC34CC5CC(CC(C5)C3)C4)CCC1C2. The first-order valence-corrected chi connectivity index (χ1v) is 8.73. The van der Waals surface area contributed by atoms with Crippen molar-refractivity contribution >= 4 is 0 Å². The van der Waals surface area contributed by atoms with Crippen LogP contribution in [-0.2, 0) is 0 Å². The van der Waals surface area contributed by atoms with Gasteiger partial charge in [-0.3, -0.25) is 0 Å². The molecule has 0 unspecified atom stereocenters. The van der Waals surface area contributed by atoms with E-state index in [1.54, 1.807) is 77.0 Å². The summed E-state index contributed by atoms with van der Waals surface area (Å²) in [6, 6.07) is 0. The van der Waals surface area contributed by atoms with Crippen LogP contribution >= 0.6 is 0 Å². The van der Waals surface area contributed by atoms with Crippen molar-refractivity contribution < 1.29 is 0 Å². The second-order valence-corrected chi connectivity index (χ2v) is 9.24. The minimum absolute atomic E-state index is 0.855. The van der Waals surface area contributed by atoms with Crippen LogP contribution in [0, 0.1) is 34.5 Å². The third kappa shape index (κ3) is 1.44. The lowest BCUT2D eigenvalue weighted by Crippen LogP contribution is -2.47. The van der Waals surface area contributed by atoms with E-state index in [2.05, 4.69) is 0 Å². The van der Waals surface area contributed by atoms with Crippen molar-refractivity contribution in [2.45, 2.75) is 77.0 Å². The summed E-state index contributed by atoms with van der Waals surface area (Å²) in [6.07, 6.45) is 19.5. The maximum atomic E-state index is 1.67. The van der Waals surface area contributed by atoms with Gasteiger partial charge in [0.1, 0.15) is 0 Å². The number of hydrogen-bond donors (Lipinski definition) is 0. The van der Waals surface area contributed by atoms with Crippen molar-refractivity contribution in [1.29, 1.82) is 0 Å². The Morgan fingerprint density at radius 3 is 1.56 bits per heavy atom. The molecule has 0 saturated heterocycles. The van der Waals surface area contributed by atoms with Gasteiger partial charge in [-0.25, -0.2) is 0 Å². The molecule has 0 aromatic carbocycles. The molecule has 0 N–H and O–H groups in total. The Morgan fingerprint density at radius 2 is 1.11 bits per heavy atom. The van der Waals surface area contributed by atoms with Crippen molar-refractivity contribution in [2.24, 2.45) is 34.5 Å². The van der Waals surface area contributed by atoms with Crippen molar-refractivity contribution in [3.8, 4) is 0 Å². The topological polar surface area (TPSA) is 0 Å². The fraction of sp³-hybridized carbons (Fsp3) is 1.00. The summed E-state index contributed by atoms with van der Waals surface area (Å²) in [5, 5.41) is 0. The first-order valence-electron chi connectivity index (χ1n) is 8.73. The summed E-state index contributed by atoms with van der Waals surface area (Å²) in [4.78, 5) is 0. The maximum Gasteiger partial charge on any atom is -0.0284 e. The van der Waals surface area contributed by atoms with E-state index in [0.29, 0.717) is 0 Å². The quantitative estimate of drug-likeness (QED) is 0.628. The molecule has 0 atom stereocenters. The highest BCUT2D eigenvalue weighted by molar-refractivity contribution is 5.06. The second-order valence-electron chi connectivity index (χ2n) is 9.24. The fourth-order valence-electron chi connectivity index (χ4n) is 7.86. The average molecular weight is 244 g/mol. The fourth-order valence-corrected chi connectivity index (χ4v) is 7.86. The molecule has 0 aromatic heterocycles. The van der Waals surface area contributed by atoms with Gasteiger partial charge in [-0.15, -0.1) is 0 Å². The molecule has 100 valence electrons. The molecule has 0 spiro atoms. The van der Waals surface area contributed by atoms with Crippen molar-refractivity contribution in [3.63, 3.8) is 0 Å². The van der Waals surface area contributed by atoms with Gasteiger partial charge in [0.05, 0.1) is 0 Å². The molecule has 0 aromatic rings. The van der Waals surface area contributed by atoms with Gasteiger partial charge >= 0.3 is 0 Å². The summed E-state index contributed by atoms with van der Waals surface area (Å²) >= 11 is 0. The Balaban J connectivity index is 1.43. The van der Waals surface area contributed by atoms with Crippen LogP contribution in [0.4, 0.5) is 0 Å². The summed E-state index contributed by atoms with van der Waals surface area (Å²) in [5.74, 6) is 4.63. The predicted molar refractivity (Wildman–Crippen MR) is 74.2 cm³/mol. The molecule has 0 heterocycles. The molecule has 6 rings (SSSR count). The van der Waals surface area contributed by atoms with E-state index in [0.717, 1.165) is 34.5 Å². The van der Waals surface area contributed by atoms with Gasteiger partial charge in [0, 0.05) is 0 Å². The Labute approximate surface area is 112 Å². The molecule has 6 bridgehead atoms. The molecule has 6 fully saturated rings. The zero-order valence-corrected chi connectivity index (χ0v) is 11.8. The molecular formula is C18H28. The molecule has 6 aliphatic carbocycles. The predicted octanol–water partition coefficient (Wildman–Crippen LogP) is 5.17. The average Bonchev–Trinajstić information content (AvgIpc) is 2.85. The van der Waals surface area contributed by atoms with Gasteiger partial charge in [-0.2, -0.15) is 0 Å². The van der Waals surface area contributed by atoms with E-state index in [9.17, 15) is 0 Å². The highest BCUT2D eigenvalue weighted by atomic mass is 14.6. The zero-order chi connectivity index (χ0) is 11.8. The van der Waals surface area contributed by atoms with Crippen LogP contribution < -0.4 is 0 Å². The second kappa shape index (κ2) is 3.36. The van der Waals surface area contributed by atoms with Crippen LogP contribution in [0.1, 0.15) is 77.0 Å². The minimum atomic E-state index is 0.855. The molecule has 0 nitrogen and oxygen atoms in total. The molecule has 18 heavy (non-hydrogen) atoms. The molecular weight excluding hydrogens is 216 g/mol. The number of hydrogen-bond acceptors (Lipinski definition) is 0. The van der Waals surface area contributed by atoms with E-state index in [1.807, 2.05) is 0 Å². The standard InChI is InChI=1S/C18H28/c1-3-17(4-2-13(1)8-17)12-18-9-14-5-15(10-18)7-16(6-14)11-18/h13-16H,1-12H2. The van der Waals surface area contributed by atoms with Gasteiger partial charge in [-0.05, 0) is 112 Å². The van der Waals surface area contributed by atoms with E-state index in [4.69, 9.17) is 0 Å². The first kappa shape index (κ1) is 10.7. The van der Waals surface area contributed by atoms with Crippen LogP contribution in [0.5, 0.6) is 0 Å². The molecule has 6 aliphatic rings. The smallest absolute Gasteiger partial charge is 0.0284 e. The molecule has 0 amide bonds. The van der Waals surface area contributed by atoms with Crippen molar-refractivity contribution in [1.82, 2.24) is 0 Å². The van der Waals surface area contributed by atoms with E-state index in [1.165, 1.54) is 0 Å². The van der Waals surface area contributed by atoms with Crippen LogP contribution in [-0.4, -0.2) is 0 Å². The highest BCUT2D eigenvalue weighted by Crippen LogP contribution is 2.67. The normalized spacial score (nSPS) is 60.7. The van der Waals surface area contributed by atoms with Crippen LogP contribution in [0.15, 0.2) is 0 Å². The summed E-state index contributed by atoms with van der Waals surface area (Å²) in [5.41, 5.74) is 1.71. The summed E-state index contributed by atoms with van der Waals surface area (Å²) in [7, 11) is 0. The van der Waals surface area contributed by atoms with Gasteiger partial charge < -0.3 is 0 Å². The van der Waals surface area contributed by atoms with E-state index in [-0.39, 0.29) is 0 Å². The summed E-state index contributed by atoms with van der Waals surface area (Å²) in [6.45, 7) is 0. The Morgan fingerprint density at radius 1 is 0.611 bits per heavy atom. The van der Waals surface area contributed by atoms with Crippen LogP contribution in [0.2, 0.25) is 0 Å². The number of fused-ring (bicyclic) bond motifs is 2. The first-order chi connectivity index (χ1) is 8.73. The largest absolute Gasteiger partial charge is 0.0499 e. The van der Waals surface area contributed by atoms with Gasteiger partial charge in [-0.1, -0.05) is 0 Å². The monoisotopic (exact) mass is 244 g/mol. The lowest BCUT2D eigenvalue weighted by molar-refractivity contribution is -0.0774. The van der Waals surface area contributed by atoms with Gasteiger partial charge in [0.2, 0.25) is 0 Å². The molecule has 0 aliphatic heterocycles. The van der Waals surface area contributed by atoms with Crippen LogP contribution in [0.25, 0.3) is 0 Å². The Kier molecular flexibility index (Phi) is 2.01. The van der Waals surface area contributed by atoms with Crippen LogP contribution in [0.3, 0.4) is 0 Å². The lowest BCUT2D eigenvalue weighted by Gasteiger charge is -2.59. The zero-order valence-electron chi connectivity index (χ0n) is 11.8. The van der Waals surface area contributed by atoms with E-state index >= 15 is 0 Å². The highest BCUT2D eigenvalue weighted by Gasteiger charge is 2.55. The molecule has 0 radical (unpaired) electrons. The number of rotatable bonds is 2. The molecule has 6 saturated carbocycles. The van der Waals surface area contributed by atoms with Crippen molar-refractivity contribution in [3.05, 3.63) is 0 Å².